The molecule has 230 valence electrons. The van der Waals surface area contributed by atoms with Crippen molar-refractivity contribution in [3.63, 3.8) is 0 Å². The number of aliphatic imine (C=N–C) groups is 1. The average Bonchev–Trinajstić information content (AvgIpc) is 2.98. The molecule has 4 aliphatic rings. The molecule has 0 spiro atoms. The maximum Gasteiger partial charge on any atom is 0.261 e. The summed E-state index contributed by atoms with van der Waals surface area (Å²) in [4.78, 5) is 25.9. The number of rotatable bonds is 6. The molecule has 43 heavy (non-hydrogen) atoms. The number of hydrogen-bond acceptors (Lipinski definition) is 5. The third kappa shape index (κ3) is 5.64. The molecule has 3 aliphatic carbocycles. The quantitative estimate of drug-likeness (QED) is 0.312. The molecule has 2 N–H and O–H groups in total. The monoisotopic (exact) mass is 588 g/mol. The highest BCUT2D eigenvalue weighted by atomic mass is 19.1. The Morgan fingerprint density at radius 2 is 2.00 bits per heavy atom. The Hall–Kier alpha value is -3.46. The van der Waals surface area contributed by atoms with E-state index < -0.39 is 0 Å². The Balaban J connectivity index is 1.28. The van der Waals surface area contributed by atoms with E-state index in [1.165, 1.54) is 19.6 Å². The molecule has 7 rings (SSSR count). The van der Waals surface area contributed by atoms with E-state index in [-0.39, 0.29) is 11.4 Å². The summed E-state index contributed by atoms with van der Waals surface area (Å²) in [6.45, 7) is 12.1. The van der Waals surface area contributed by atoms with Crippen molar-refractivity contribution < 1.29 is 9.13 Å². The molecule has 3 saturated carbocycles. The number of ether oxygens (including phenoxy) is 1. The van der Waals surface area contributed by atoms with Crippen LogP contribution in [0.1, 0.15) is 51.9 Å². The van der Waals surface area contributed by atoms with Gasteiger partial charge in [0.1, 0.15) is 17.4 Å². The lowest BCUT2D eigenvalue weighted by Crippen LogP contribution is -2.57. The van der Waals surface area contributed by atoms with E-state index >= 15 is 0 Å². The van der Waals surface area contributed by atoms with Crippen LogP contribution in [0.5, 0.6) is 5.75 Å². The number of hydrogen-bond donors (Lipinski definition) is 2. The van der Waals surface area contributed by atoms with Crippen molar-refractivity contribution in [1.29, 1.82) is 0 Å². The van der Waals surface area contributed by atoms with Crippen molar-refractivity contribution in [2.75, 3.05) is 32.1 Å². The smallest absolute Gasteiger partial charge is 0.261 e. The van der Waals surface area contributed by atoms with E-state index in [0.717, 1.165) is 43.6 Å². The number of halogens is 1. The van der Waals surface area contributed by atoms with Crippen LogP contribution >= 0.6 is 0 Å². The third-order valence-electron chi connectivity index (χ3n) is 10.6. The maximum atomic E-state index is 14.6. The van der Waals surface area contributed by atoms with Crippen LogP contribution < -0.4 is 20.9 Å². The van der Waals surface area contributed by atoms with E-state index in [1.54, 1.807) is 23.7 Å². The van der Waals surface area contributed by atoms with Crippen LogP contribution in [0.4, 0.5) is 10.1 Å². The van der Waals surface area contributed by atoms with E-state index in [4.69, 9.17) is 14.7 Å². The van der Waals surface area contributed by atoms with Crippen molar-refractivity contribution in [1.82, 2.24) is 19.8 Å². The topological polar surface area (TPSA) is 83.8 Å². The second kappa shape index (κ2) is 11.6. The Morgan fingerprint density at radius 3 is 2.70 bits per heavy atom. The number of methoxy groups -OCH3 is 1. The number of benzene rings is 2. The molecule has 1 aliphatic heterocycles. The van der Waals surface area contributed by atoms with Gasteiger partial charge in [0, 0.05) is 50.9 Å². The van der Waals surface area contributed by atoms with Gasteiger partial charge in [-0.3, -0.25) is 9.36 Å². The molecule has 2 aromatic carbocycles. The fourth-order valence-corrected chi connectivity index (χ4v) is 7.62. The minimum Gasteiger partial charge on any atom is -0.497 e. The van der Waals surface area contributed by atoms with E-state index in [2.05, 4.69) is 43.2 Å². The molecule has 8 nitrogen and oxygen atoms in total. The van der Waals surface area contributed by atoms with Gasteiger partial charge in [-0.2, -0.15) is 0 Å². The summed E-state index contributed by atoms with van der Waals surface area (Å²) in [5, 5.41) is 7.75. The summed E-state index contributed by atoms with van der Waals surface area (Å²) in [7, 11) is 3.25. The molecular weight excluding hydrogens is 543 g/mol. The van der Waals surface area contributed by atoms with Gasteiger partial charge < -0.3 is 20.3 Å². The second-order valence-corrected chi connectivity index (χ2v) is 13.5. The number of guanidine groups is 1. The molecule has 4 fully saturated rings. The fourth-order valence-electron chi connectivity index (χ4n) is 7.62. The van der Waals surface area contributed by atoms with Crippen LogP contribution in [0.3, 0.4) is 0 Å². The summed E-state index contributed by atoms with van der Waals surface area (Å²) >= 11 is 0. The Morgan fingerprint density at radius 1 is 1.19 bits per heavy atom. The SMILES string of the molecule is COc1ccc(CCc2nc3cc(NC(=NC4CC5CC(C4C)C5(C)C)N4CCNC(C)C4)ccc3c(=O)n2C)c(F)c1. The largest absolute Gasteiger partial charge is 0.497 e. The molecule has 0 radical (unpaired) electrons. The van der Waals surface area contributed by atoms with Gasteiger partial charge in [0.2, 0.25) is 0 Å². The number of anilines is 1. The molecule has 9 heteroatoms. The summed E-state index contributed by atoms with van der Waals surface area (Å²) < 4.78 is 21.3. The lowest BCUT2D eigenvalue weighted by atomic mass is 9.45. The number of nitrogens with zero attached hydrogens (tertiary/aromatic N) is 4. The number of nitrogens with one attached hydrogen (secondary N) is 2. The van der Waals surface area contributed by atoms with Crippen LogP contribution in [-0.2, 0) is 19.9 Å². The van der Waals surface area contributed by atoms with Crippen LogP contribution in [0.25, 0.3) is 10.9 Å². The Bertz CT molecular complexity index is 1600. The first-order valence-corrected chi connectivity index (χ1v) is 15.7. The van der Waals surface area contributed by atoms with Crippen LogP contribution in [0.15, 0.2) is 46.2 Å². The van der Waals surface area contributed by atoms with Crippen LogP contribution in [0, 0.1) is 29.0 Å². The zero-order chi connectivity index (χ0) is 30.5. The van der Waals surface area contributed by atoms with Gasteiger partial charge in [-0.05, 0) is 79.2 Å². The minimum atomic E-state index is -0.321. The van der Waals surface area contributed by atoms with Gasteiger partial charge in [-0.1, -0.05) is 26.8 Å². The predicted molar refractivity (Wildman–Crippen MR) is 170 cm³/mol. The molecule has 3 aromatic rings. The molecule has 5 unspecified atom stereocenters. The zero-order valence-corrected chi connectivity index (χ0v) is 26.3. The normalized spacial score (nSPS) is 26.7. The number of aryl methyl sites for hydroxylation is 2. The molecule has 2 heterocycles. The zero-order valence-electron chi connectivity index (χ0n) is 26.3. The van der Waals surface area contributed by atoms with Gasteiger partial charge in [-0.15, -0.1) is 0 Å². The minimum absolute atomic E-state index is 0.107. The average molecular weight is 589 g/mol. The van der Waals surface area contributed by atoms with Crippen LogP contribution in [-0.4, -0.2) is 59.2 Å². The predicted octanol–water partition coefficient (Wildman–Crippen LogP) is 5.00. The first-order chi connectivity index (χ1) is 20.5. The van der Waals surface area contributed by atoms with E-state index in [0.29, 0.717) is 70.2 Å². The van der Waals surface area contributed by atoms with Gasteiger partial charge in [-0.25, -0.2) is 14.4 Å². The lowest BCUT2D eigenvalue weighted by Gasteiger charge is -2.61. The van der Waals surface area contributed by atoms with Crippen molar-refractivity contribution in [3.8, 4) is 5.75 Å². The molecule has 0 amide bonds. The van der Waals surface area contributed by atoms with Gasteiger partial charge >= 0.3 is 0 Å². The van der Waals surface area contributed by atoms with Crippen molar-refractivity contribution in [2.24, 2.45) is 35.2 Å². The molecule has 1 aromatic heterocycles. The van der Waals surface area contributed by atoms with Gasteiger partial charge in [0.15, 0.2) is 5.96 Å². The van der Waals surface area contributed by atoms with E-state index in [1.807, 2.05) is 18.2 Å². The van der Waals surface area contributed by atoms with Crippen molar-refractivity contribution in [2.45, 2.75) is 65.5 Å². The number of piperazine rings is 1. The van der Waals surface area contributed by atoms with Gasteiger partial charge in [0.05, 0.1) is 24.1 Å². The molecule has 1 saturated heterocycles. The molecule has 5 atom stereocenters. The molecular formula is C34H45FN6O2. The fraction of sp³-hybridized carbons (Fsp3) is 0.559. The highest BCUT2D eigenvalue weighted by molar-refractivity contribution is 5.96. The van der Waals surface area contributed by atoms with Crippen LogP contribution in [0.2, 0.25) is 0 Å². The van der Waals surface area contributed by atoms with Gasteiger partial charge in [0.25, 0.3) is 5.56 Å². The summed E-state index contributed by atoms with van der Waals surface area (Å²) in [5.74, 6) is 3.67. The summed E-state index contributed by atoms with van der Waals surface area (Å²) in [6, 6.07) is 11.3. The summed E-state index contributed by atoms with van der Waals surface area (Å²) in [5.41, 5.74) is 2.36. The second-order valence-electron chi connectivity index (χ2n) is 13.5. The lowest BCUT2D eigenvalue weighted by molar-refractivity contribution is -0.108. The van der Waals surface area contributed by atoms with E-state index in [9.17, 15) is 9.18 Å². The standard InChI is InChI=1S/C34H45FN6O2/c1-20-19-41(14-13-36-20)33(39-29-16-23-15-27(21(29)2)34(23,3)4)37-24-9-11-26-30(17-24)38-31(40(5)32(26)42)12-8-22-7-10-25(43-6)18-28(22)35/h7,9-11,17-18,20-21,23,27,29,36H,8,12-16,19H2,1-6H3,(H,37,39). The summed E-state index contributed by atoms with van der Waals surface area (Å²) in [6.07, 6.45) is 3.32. The van der Waals surface area contributed by atoms with Crippen molar-refractivity contribution in [3.05, 3.63) is 64.0 Å². The highest BCUT2D eigenvalue weighted by Gasteiger charge is 2.56. The number of fused-ring (bicyclic) bond motifs is 3. The molecule has 2 bridgehead atoms. The Kier molecular flexibility index (Phi) is 7.96. The first-order valence-electron chi connectivity index (χ1n) is 15.7. The third-order valence-corrected chi connectivity index (χ3v) is 10.6. The van der Waals surface area contributed by atoms with Crippen molar-refractivity contribution >= 4 is 22.5 Å². The highest BCUT2D eigenvalue weighted by Crippen LogP contribution is 2.61. The number of aromatic nitrogens is 2. The first kappa shape index (κ1) is 29.6. The Labute approximate surface area is 253 Å². The maximum absolute atomic E-state index is 14.6.